The van der Waals surface area contributed by atoms with Crippen molar-refractivity contribution in [1.82, 2.24) is 4.98 Å². The van der Waals surface area contributed by atoms with Gasteiger partial charge in [-0.2, -0.15) is 9.66 Å². The fraction of sp³-hybridized carbons (Fsp3) is 0.300. The van der Waals surface area contributed by atoms with Gasteiger partial charge in [0.25, 0.3) is 0 Å². The number of allylic oxidation sites excluding steroid dienone is 1. The highest BCUT2D eigenvalue weighted by Gasteiger charge is 2.24. The lowest BCUT2D eigenvalue weighted by molar-refractivity contribution is -0.465. The molecule has 2 N–H and O–H groups in total. The number of para-hydroxylation sites is 2. The summed E-state index contributed by atoms with van der Waals surface area (Å²) in [5.41, 5.74) is 5.81. The maximum absolute atomic E-state index is 9.71. The summed E-state index contributed by atoms with van der Waals surface area (Å²) < 4.78 is 2.15. The minimum Gasteiger partial charge on any atom is -0.305 e. The molecule has 0 amide bonds. The third kappa shape index (κ3) is 2.52. The van der Waals surface area contributed by atoms with Crippen LogP contribution in [0.15, 0.2) is 36.9 Å². The van der Waals surface area contributed by atoms with Gasteiger partial charge in [0.1, 0.15) is 22.7 Å². The summed E-state index contributed by atoms with van der Waals surface area (Å²) in [6, 6.07) is 10.5. The van der Waals surface area contributed by atoms with E-state index in [1.165, 1.54) is 0 Å². The van der Waals surface area contributed by atoms with E-state index < -0.39 is 0 Å². The number of nitriles is 1. The Morgan fingerprint density at radius 2 is 2.17 bits per heavy atom. The van der Waals surface area contributed by atoms with Crippen molar-refractivity contribution in [2.75, 3.05) is 11.9 Å². The van der Waals surface area contributed by atoms with E-state index >= 15 is 0 Å². The third-order valence-electron chi connectivity index (χ3n) is 4.48. The molecular weight excluding hydrogens is 296 g/mol. The lowest BCUT2D eigenvalue weighted by Gasteiger charge is -2.12. The maximum atomic E-state index is 9.71. The molecule has 0 unspecified atom stereocenters. The van der Waals surface area contributed by atoms with E-state index in [1.807, 2.05) is 31.2 Å². The molecule has 122 valence electrons. The van der Waals surface area contributed by atoms with Gasteiger partial charge in [-0.3, -0.25) is 4.98 Å². The van der Waals surface area contributed by atoms with Gasteiger partial charge >= 0.3 is 0 Å². The summed E-state index contributed by atoms with van der Waals surface area (Å²) in [7, 11) is 0. The molecule has 0 saturated carbocycles. The van der Waals surface area contributed by atoms with Gasteiger partial charge in [0.15, 0.2) is 0 Å². The number of hydrogen-bond donors (Lipinski definition) is 2. The number of aromatic nitrogens is 2. The van der Waals surface area contributed by atoms with Crippen molar-refractivity contribution in [2.24, 2.45) is 0 Å². The topological polar surface area (TPSA) is 55.7 Å². The van der Waals surface area contributed by atoms with E-state index in [9.17, 15) is 5.26 Å². The van der Waals surface area contributed by atoms with Gasteiger partial charge in [-0.25, -0.2) is 0 Å². The molecule has 3 rings (SSSR count). The number of nitrogens with zero attached hydrogens (tertiary/aromatic N) is 2. The zero-order valence-corrected chi connectivity index (χ0v) is 14.3. The predicted molar refractivity (Wildman–Crippen MR) is 98.2 cm³/mol. The Balaban J connectivity index is 2.39. The van der Waals surface area contributed by atoms with Crippen LogP contribution in [0.2, 0.25) is 0 Å². The fourth-order valence-electron chi connectivity index (χ4n) is 3.23. The summed E-state index contributed by atoms with van der Waals surface area (Å²) in [6.07, 6.45) is 4.88. The highest BCUT2D eigenvalue weighted by atomic mass is 15.1. The number of imidazole rings is 1. The van der Waals surface area contributed by atoms with Gasteiger partial charge in [0.05, 0.1) is 6.54 Å². The molecule has 0 spiro atoms. The van der Waals surface area contributed by atoms with Crippen LogP contribution < -0.4 is 9.72 Å². The Morgan fingerprint density at radius 1 is 1.38 bits per heavy atom. The van der Waals surface area contributed by atoms with Crippen LogP contribution in [0, 0.1) is 18.3 Å². The largest absolute Gasteiger partial charge is 0.305 e. The van der Waals surface area contributed by atoms with Crippen LogP contribution in [-0.2, 0) is 6.42 Å². The van der Waals surface area contributed by atoms with Gasteiger partial charge in [-0.1, -0.05) is 31.6 Å². The summed E-state index contributed by atoms with van der Waals surface area (Å²) in [6.45, 7) is 9.01. The normalized spacial score (nSPS) is 10.9. The van der Waals surface area contributed by atoms with Crippen molar-refractivity contribution in [3.05, 3.63) is 53.6 Å². The van der Waals surface area contributed by atoms with E-state index in [1.54, 1.807) is 0 Å². The number of pyridine rings is 1. The van der Waals surface area contributed by atoms with Crippen LogP contribution in [-0.4, -0.2) is 11.5 Å². The van der Waals surface area contributed by atoms with Gasteiger partial charge < -0.3 is 5.32 Å². The van der Waals surface area contributed by atoms with Crippen LogP contribution in [0.1, 0.15) is 36.5 Å². The third-order valence-corrected chi connectivity index (χ3v) is 4.48. The highest BCUT2D eigenvalue weighted by molar-refractivity contribution is 5.78. The molecule has 0 saturated heterocycles. The smallest absolute Gasteiger partial charge is 0.250 e. The SMILES string of the molecule is C=CCc1c(C)c(C#N)c2[nH]c3ccccc3[n+]2c1NCCCC. The predicted octanol–water partition coefficient (Wildman–Crippen LogP) is 4.03. The number of anilines is 1. The van der Waals surface area contributed by atoms with Crippen LogP contribution in [0.25, 0.3) is 16.7 Å². The van der Waals surface area contributed by atoms with Crippen LogP contribution in [0.5, 0.6) is 0 Å². The molecular formula is C20H23N4+. The second-order valence-corrected chi connectivity index (χ2v) is 6.04. The molecule has 0 aliphatic rings. The maximum Gasteiger partial charge on any atom is 0.250 e. The standard InChI is InChI=1S/C20H22N4/c1-4-6-12-22-19-15(9-5-2)14(3)16(13-21)20-23-17-10-7-8-11-18(17)24(19)20/h5,7-8,10-11H,2,4,6,9,12H2,1,3H3,(H,22,23)/p+1. The molecule has 0 atom stereocenters. The summed E-state index contributed by atoms with van der Waals surface area (Å²) in [4.78, 5) is 3.41. The average molecular weight is 319 g/mol. The van der Waals surface area contributed by atoms with E-state index in [0.717, 1.165) is 59.4 Å². The highest BCUT2D eigenvalue weighted by Crippen LogP contribution is 2.26. The number of rotatable bonds is 6. The summed E-state index contributed by atoms with van der Waals surface area (Å²) in [5.74, 6) is 1.06. The van der Waals surface area contributed by atoms with Crippen molar-refractivity contribution in [2.45, 2.75) is 33.1 Å². The average Bonchev–Trinajstić information content (AvgIpc) is 2.97. The number of hydrogen-bond acceptors (Lipinski definition) is 2. The zero-order valence-electron chi connectivity index (χ0n) is 14.3. The Hall–Kier alpha value is -2.80. The van der Waals surface area contributed by atoms with Crippen LogP contribution in [0.3, 0.4) is 0 Å². The van der Waals surface area contributed by atoms with E-state index in [0.29, 0.717) is 5.56 Å². The molecule has 2 heterocycles. The lowest BCUT2D eigenvalue weighted by Crippen LogP contribution is -2.30. The van der Waals surface area contributed by atoms with Crippen molar-refractivity contribution in [3.63, 3.8) is 0 Å². The van der Waals surface area contributed by atoms with Crippen molar-refractivity contribution in [3.8, 4) is 6.07 Å². The fourth-order valence-corrected chi connectivity index (χ4v) is 3.23. The first-order chi connectivity index (χ1) is 11.7. The number of benzene rings is 1. The molecule has 4 heteroatoms. The van der Waals surface area contributed by atoms with Crippen LogP contribution >= 0.6 is 0 Å². The second kappa shape index (κ2) is 6.76. The second-order valence-electron chi connectivity index (χ2n) is 6.04. The number of unbranched alkanes of at least 4 members (excludes halogenated alkanes) is 1. The quantitative estimate of drug-likeness (QED) is 0.409. The van der Waals surface area contributed by atoms with E-state index in [4.69, 9.17) is 0 Å². The molecule has 0 fully saturated rings. The number of H-pyrrole nitrogens is 1. The molecule has 2 aromatic heterocycles. The van der Waals surface area contributed by atoms with Crippen molar-refractivity contribution in [1.29, 1.82) is 5.26 Å². The molecule has 0 aliphatic carbocycles. The Bertz CT molecular complexity index is 944. The Morgan fingerprint density at radius 3 is 2.88 bits per heavy atom. The lowest BCUT2D eigenvalue weighted by atomic mass is 10.0. The zero-order chi connectivity index (χ0) is 17.1. The van der Waals surface area contributed by atoms with Crippen molar-refractivity contribution < 1.29 is 4.40 Å². The first-order valence-electron chi connectivity index (χ1n) is 8.45. The molecule has 24 heavy (non-hydrogen) atoms. The molecule has 0 radical (unpaired) electrons. The van der Waals surface area contributed by atoms with E-state index in [2.05, 4.69) is 40.3 Å². The Labute approximate surface area is 142 Å². The van der Waals surface area contributed by atoms with Crippen LogP contribution in [0.4, 0.5) is 5.82 Å². The molecule has 1 aromatic carbocycles. The Kier molecular flexibility index (Phi) is 4.52. The summed E-state index contributed by atoms with van der Waals surface area (Å²) in [5, 5.41) is 13.3. The minimum absolute atomic E-state index is 0.698. The summed E-state index contributed by atoms with van der Waals surface area (Å²) >= 11 is 0. The number of aromatic amines is 1. The molecule has 3 aromatic rings. The van der Waals surface area contributed by atoms with Gasteiger partial charge in [-0.05, 0) is 37.5 Å². The number of fused-ring (bicyclic) bond motifs is 3. The molecule has 0 bridgehead atoms. The first-order valence-corrected chi connectivity index (χ1v) is 8.45. The van der Waals surface area contributed by atoms with Crippen molar-refractivity contribution >= 4 is 22.5 Å². The molecule has 4 nitrogen and oxygen atoms in total. The first kappa shape index (κ1) is 16.1. The minimum atomic E-state index is 0.698. The van der Waals surface area contributed by atoms with Gasteiger partial charge in [0, 0.05) is 5.56 Å². The molecule has 0 aliphatic heterocycles. The van der Waals surface area contributed by atoms with Gasteiger partial charge in [-0.15, -0.1) is 6.58 Å². The number of nitrogens with one attached hydrogen (secondary N) is 2. The monoisotopic (exact) mass is 319 g/mol. The van der Waals surface area contributed by atoms with Gasteiger partial charge in [0.2, 0.25) is 11.5 Å². The van der Waals surface area contributed by atoms with E-state index in [-0.39, 0.29) is 0 Å².